The Bertz CT molecular complexity index is 500. The first kappa shape index (κ1) is 16.2. The summed E-state index contributed by atoms with van der Waals surface area (Å²) in [6, 6.07) is 0.267. The van der Waals surface area contributed by atoms with E-state index in [1.165, 1.54) is 12.8 Å². The van der Waals surface area contributed by atoms with Crippen LogP contribution < -0.4 is 10.6 Å². The van der Waals surface area contributed by atoms with Crippen LogP contribution in [0.15, 0.2) is 0 Å². The quantitative estimate of drug-likeness (QED) is 0.826. The van der Waals surface area contributed by atoms with Crippen molar-refractivity contribution in [3.05, 3.63) is 0 Å². The molecule has 0 unspecified atom stereocenters. The molecule has 6 nitrogen and oxygen atoms in total. The Labute approximate surface area is 143 Å². The van der Waals surface area contributed by atoms with E-state index in [4.69, 9.17) is 4.74 Å². The summed E-state index contributed by atoms with van der Waals surface area (Å²) in [6.07, 6.45) is 9.37. The normalized spacial score (nSPS) is 32.1. The number of amides is 3. The molecule has 2 heterocycles. The van der Waals surface area contributed by atoms with Gasteiger partial charge in [-0.3, -0.25) is 4.79 Å². The van der Waals surface area contributed by atoms with Crippen molar-refractivity contribution in [2.75, 3.05) is 19.8 Å². The van der Waals surface area contributed by atoms with E-state index >= 15 is 0 Å². The van der Waals surface area contributed by atoms with Crippen LogP contribution in [0.5, 0.6) is 0 Å². The van der Waals surface area contributed by atoms with Gasteiger partial charge in [0, 0.05) is 31.8 Å². The van der Waals surface area contributed by atoms with Crippen molar-refractivity contribution in [1.29, 1.82) is 0 Å². The molecule has 2 atom stereocenters. The van der Waals surface area contributed by atoms with E-state index in [1.54, 1.807) is 4.90 Å². The Balaban J connectivity index is 1.38. The zero-order chi connectivity index (χ0) is 16.6. The van der Waals surface area contributed by atoms with Crippen LogP contribution in [-0.4, -0.2) is 54.7 Å². The lowest BCUT2D eigenvalue weighted by molar-refractivity contribution is -0.124. The summed E-state index contributed by atoms with van der Waals surface area (Å²) >= 11 is 0. The summed E-state index contributed by atoms with van der Waals surface area (Å²) in [4.78, 5) is 27.0. The number of carbonyl (C=O) groups excluding carboxylic acids is 2. The molecule has 6 heteroatoms. The molecule has 4 rings (SSSR count). The summed E-state index contributed by atoms with van der Waals surface area (Å²) in [6.45, 7) is 2.31. The first-order chi connectivity index (χ1) is 11.7. The van der Waals surface area contributed by atoms with E-state index in [0.717, 1.165) is 58.2 Å². The van der Waals surface area contributed by atoms with Gasteiger partial charge < -0.3 is 20.3 Å². The SMILES string of the molecule is O=C(NC1CC1)[C@H]1CCCN1C(=O)N[C@@H]1CCCC12CCOCC2. The third-order valence-electron chi connectivity index (χ3n) is 6.43. The fourth-order valence-corrected chi connectivity index (χ4v) is 4.78. The second-order valence-corrected chi connectivity index (χ2v) is 8.00. The maximum Gasteiger partial charge on any atom is 0.318 e. The van der Waals surface area contributed by atoms with Crippen molar-refractivity contribution in [2.24, 2.45) is 5.41 Å². The van der Waals surface area contributed by atoms with Gasteiger partial charge in [0.1, 0.15) is 6.04 Å². The summed E-state index contributed by atoms with van der Waals surface area (Å²) in [5, 5.41) is 6.34. The predicted octanol–water partition coefficient (Wildman–Crippen LogP) is 1.79. The fourth-order valence-electron chi connectivity index (χ4n) is 4.78. The standard InChI is InChI=1S/C18H29N3O3/c22-16(19-13-5-6-13)14-3-2-10-21(14)17(23)20-15-4-1-7-18(15)8-11-24-12-9-18/h13-15H,1-12H2,(H,19,22)(H,20,23)/t14-,15-/m1/s1. The van der Waals surface area contributed by atoms with Gasteiger partial charge in [-0.15, -0.1) is 0 Å². The molecule has 134 valence electrons. The lowest BCUT2D eigenvalue weighted by atomic mass is 9.75. The number of rotatable bonds is 3. The minimum atomic E-state index is -0.280. The zero-order valence-corrected chi connectivity index (χ0v) is 14.4. The van der Waals surface area contributed by atoms with E-state index in [2.05, 4.69) is 10.6 Å². The highest BCUT2D eigenvalue weighted by atomic mass is 16.5. The molecule has 2 N–H and O–H groups in total. The van der Waals surface area contributed by atoms with Crippen LogP contribution in [0.2, 0.25) is 0 Å². The number of nitrogens with one attached hydrogen (secondary N) is 2. The predicted molar refractivity (Wildman–Crippen MR) is 89.5 cm³/mol. The number of hydrogen-bond acceptors (Lipinski definition) is 3. The van der Waals surface area contributed by atoms with Gasteiger partial charge in [0.2, 0.25) is 5.91 Å². The maximum absolute atomic E-state index is 12.8. The van der Waals surface area contributed by atoms with Crippen LogP contribution in [0.1, 0.15) is 57.8 Å². The largest absolute Gasteiger partial charge is 0.381 e. The van der Waals surface area contributed by atoms with Gasteiger partial charge in [-0.25, -0.2) is 4.79 Å². The molecule has 2 saturated carbocycles. The highest BCUT2D eigenvalue weighted by Crippen LogP contribution is 2.46. The summed E-state index contributed by atoms with van der Waals surface area (Å²) in [7, 11) is 0. The van der Waals surface area contributed by atoms with Crippen molar-refractivity contribution in [3.8, 4) is 0 Å². The average molecular weight is 335 g/mol. The van der Waals surface area contributed by atoms with Gasteiger partial charge in [-0.1, -0.05) is 6.42 Å². The van der Waals surface area contributed by atoms with Gasteiger partial charge in [-0.2, -0.15) is 0 Å². The molecule has 2 aliphatic heterocycles. The van der Waals surface area contributed by atoms with Crippen LogP contribution in [0.25, 0.3) is 0 Å². The van der Waals surface area contributed by atoms with Crippen LogP contribution in [0, 0.1) is 5.41 Å². The maximum atomic E-state index is 12.8. The molecule has 24 heavy (non-hydrogen) atoms. The van der Waals surface area contributed by atoms with E-state index in [9.17, 15) is 9.59 Å². The Morgan fingerprint density at radius 3 is 2.50 bits per heavy atom. The van der Waals surface area contributed by atoms with Crippen molar-refractivity contribution < 1.29 is 14.3 Å². The van der Waals surface area contributed by atoms with Gasteiger partial charge in [-0.05, 0) is 56.8 Å². The third kappa shape index (κ3) is 3.13. The highest BCUT2D eigenvalue weighted by Gasteiger charge is 2.46. The zero-order valence-electron chi connectivity index (χ0n) is 14.4. The lowest BCUT2D eigenvalue weighted by Gasteiger charge is -2.40. The smallest absolute Gasteiger partial charge is 0.318 e. The molecule has 4 aliphatic rings. The Morgan fingerprint density at radius 2 is 1.75 bits per heavy atom. The molecular formula is C18H29N3O3. The Hall–Kier alpha value is -1.30. The second kappa shape index (κ2) is 6.54. The number of ether oxygens (including phenoxy) is 1. The van der Waals surface area contributed by atoms with E-state index in [0.29, 0.717) is 12.6 Å². The average Bonchev–Trinajstić information content (AvgIpc) is 3.12. The second-order valence-electron chi connectivity index (χ2n) is 8.00. The molecule has 0 aromatic rings. The van der Waals surface area contributed by atoms with Gasteiger partial charge in [0.05, 0.1) is 0 Å². The minimum Gasteiger partial charge on any atom is -0.381 e. The summed E-state index contributed by atoms with van der Waals surface area (Å²) in [5.41, 5.74) is 0.222. The van der Waals surface area contributed by atoms with Gasteiger partial charge in [0.15, 0.2) is 0 Å². The molecule has 4 fully saturated rings. The van der Waals surface area contributed by atoms with E-state index in [-0.39, 0.29) is 29.4 Å². The third-order valence-corrected chi connectivity index (χ3v) is 6.43. The minimum absolute atomic E-state index is 0.0392. The molecule has 1 spiro atoms. The monoisotopic (exact) mass is 335 g/mol. The number of carbonyl (C=O) groups is 2. The fraction of sp³-hybridized carbons (Fsp3) is 0.889. The number of likely N-dealkylation sites (tertiary alicyclic amines) is 1. The molecule has 2 saturated heterocycles. The lowest BCUT2D eigenvalue weighted by Crippen LogP contribution is -2.54. The topological polar surface area (TPSA) is 70.7 Å². The van der Waals surface area contributed by atoms with Gasteiger partial charge in [0.25, 0.3) is 0 Å². The summed E-state index contributed by atoms with van der Waals surface area (Å²) in [5.74, 6) is 0.0392. The van der Waals surface area contributed by atoms with Crippen molar-refractivity contribution in [3.63, 3.8) is 0 Å². The molecule has 0 aromatic heterocycles. The summed E-state index contributed by atoms with van der Waals surface area (Å²) < 4.78 is 5.52. The molecular weight excluding hydrogens is 306 g/mol. The van der Waals surface area contributed by atoms with Crippen molar-refractivity contribution in [1.82, 2.24) is 15.5 Å². The first-order valence-electron chi connectivity index (χ1n) is 9.63. The molecule has 3 amide bonds. The number of hydrogen-bond donors (Lipinski definition) is 2. The van der Waals surface area contributed by atoms with Crippen molar-refractivity contribution >= 4 is 11.9 Å². The Kier molecular flexibility index (Phi) is 4.41. The van der Waals surface area contributed by atoms with E-state index in [1.807, 2.05) is 0 Å². The molecule has 0 bridgehead atoms. The van der Waals surface area contributed by atoms with Crippen molar-refractivity contribution in [2.45, 2.75) is 75.9 Å². The number of urea groups is 1. The van der Waals surface area contributed by atoms with E-state index < -0.39 is 0 Å². The van der Waals surface area contributed by atoms with Gasteiger partial charge >= 0.3 is 6.03 Å². The number of nitrogens with zero attached hydrogens (tertiary/aromatic N) is 1. The first-order valence-corrected chi connectivity index (χ1v) is 9.63. The molecule has 0 aromatic carbocycles. The molecule has 2 aliphatic carbocycles. The van der Waals surface area contributed by atoms with Crippen LogP contribution >= 0.6 is 0 Å². The van der Waals surface area contributed by atoms with Crippen LogP contribution in [-0.2, 0) is 9.53 Å². The molecule has 0 radical (unpaired) electrons. The Morgan fingerprint density at radius 1 is 0.958 bits per heavy atom. The van der Waals surface area contributed by atoms with Crippen LogP contribution in [0.4, 0.5) is 4.79 Å². The highest BCUT2D eigenvalue weighted by molar-refractivity contribution is 5.88. The van der Waals surface area contributed by atoms with Crippen LogP contribution in [0.3, 0.4) is 0 Å².